The third kappa shape index (κ3) is 1.95. The standard InChI is InChI=1S/C8H16N2O2/c1-2-7(11)10-8(5-9)3-4-12-6-8/h2-6,9H2,1H3,(H,10,11). The molecule has 1 amide bonds. The molecule has 70 valence electrons. The molecule has 1 aliphatic heterocycles. The second-order valence-corrected chi connectivity index (χ2v) is 3.19. The summed E-state index contributed by atoms with van der Waals surface area (Å²) in [6.07, 6.45) is 1.33. The highest BCUT2D eigenvalue weighted by Crippen LogP contribution is 2.16. The van der Waals surface area contributed by atoms with Crippen molar-refractivity contribution in [2.45, 2.75) is 25.3 Å². The lowest BCUT2D eigenvalue weighted by atomic mass is 9.99. The van der Waals surface area contributed by atoms with E-state index in [1.54, 1.807) is 0 Å². The van der Waals surface area contributed by atoms with Gasteiger partial charge in [0.15, 0.2) is 0 Å². The van der Waals surface area contributed by atoms with Crippen molar-refractivity contribution in [2.24, 2.45) is 5.73 Å². The summed E-state index contributed by atoms with van der Waals surface area (Å²) in [5, 5.41) is 2.90. The molecule has 1 unspecified atom stereocenters. The zero-order chi connectivity index (χ0) is 9.03. The van der Waals surface area contributed by atoms with Crippen LogP contribution >= 0.6 is 0 Å². The van der Waals surface area contributed by atoms with E-state index in [9.17, 15) is 4.79 Å². The fourth-order valence-corrected chi connectivity index (χ4v) is 1.30. The van der Waals surface area contributed by atoms with Crippen LogP contribution in [0.4, 0.5) is 0 Å². The first-order chi connectivity index (χ1) is 5.72. The lowest BCUT2D eigenvalue weighted by molar-refractivity contribution is -0.122. The van der Waals surface area contributed by atoms with Gasteiger partial charge in [0, 0.05) is 19.6 Å². The number of hydrogen-bond acceptors (Lipinski definition) is 3. The number of carbonyl (C=O) groups excluding carboxylic acids is 1. The van der Waals surface area contributed by atoms with Gasteiger partial charge in [0.25, 0.3) is 0 Å². The molecular formula is C8H16N2O2. The van der Waals surface area contributed by atoms with Crippen LogP contribution < -0.4 is 11.1 Å². The van der Waals surface area contributed by atoms with Gasteiger partial charge in [0.1, 0.15) is 0 Å². The quantitative estimate of drug-likeness (QED) is 0.610. The molecule has 1 saturated heterocycles. The van der Waals surface area contributed by atoms with Crippen molar-refractivity contribution in [2.75, 3.05) is 19.8 Å². The lowest BCUT2D eigenvalue weighted by Gasteiger charge is -2.26. The van der Waals surface area contributed by atoms with Crippen LogP contribution in [-0.2, 0) is 9.53 Å². The minimum atomic E-state index is -0.285. The molecule has 4 nitrogen and oxygen atoms in total. The highest BCUT2D eigenvalue weighted by Gasteiger charge is 2.34. The molecule has 0 aliphatic carbocycles. The van der Waals surface area contributed by atoms with Gasteiger partial charge in [0.2, 0.25) is 5.91 Å². The molecule has 1 aliphatic rings. The van der Waals surface area contributed by atoms with E-state index in [0.29, 0.717) is 26.2 Å². The maximum atomic E-state index is 11.1. The van der Waals surface area contributed by atoms with Gasteiger partial charge in [-0.2, -0.15) is 0 Å². The fraction of sp³-hybridized carbons (Fsp3) is 0.875. The Morgan fingerprint density at radius 3 is 2.92 bits per heavy atom. The molecule has 1 rings (SSSR count). The van der Waals surface area contributed by atoms with Crippen LogP contribution in [0, 0.1) is 0 Å². The number of carbonyl (C=O) groups is 1. The number of rotatable bonds is 3. The summed E-state index contributed by atoms with van der Waals surface area (Å²) in [4.78, 5) is 11.1. The second-order valence-electron chi connectivity index (χ2n) is 3.19. The Morgan fingerprint density at radius 1 is 1.75 bits per heavy atom. The molecule has 0 aromatic heterocycles. The molecule has 1 atom stereocenters. The van der Waals surface area contributed by atoms with Gasteiger partial charge < -0.3 is 15.8 Å². The van der Waals surface area contributed by atoms with Crippen molar-refractivity contribution in [3.63, 3.8) is 0 Å². The van der Waals surface area contributed by atoms with E-state index in [4.69, 9.17) is 10.5 Å². The van der Waals surface area contributed by atoms with Crippen LogP contribution in [0.2, 0.25) is 0 Å². The summed E-state index contributed by atoms with van der Waals surface area (Å²) in [6.45, 7) is 3.53. The molecule has 1 fully saturated rings. The summed E-state index contributed by atoms with van der Waals surface area (Å²) in [5.41, 5.74) is 5.29. The van der Waals surface area contributed by atoms with Gasteiger partial charge >= 0.3 is 0 Å². The van der Waals surface area contributed by atoms with Crippen molar-refractivity contribution >= 4 is 5.91 Å². The average molecular weight is 172 g/mol. The lowest BCUT2D eigenvalue weighted by Crippen LogP contribution is -2.54. The van der Waals surface area contributed by atoms with E-state index >= 15 is 0 Å². The SMILES string of the molecule is CCC(=O)NC1(CN)CCOC1. The Labute approximate surface area is 72.5 Å². The molecule has 0 aromatic carbocycles. The zero-order valence-corrected chi connectivity index (χ0v) is 7.43. The van der Waals surface area contributed by atoms with Gasteiger partial charge in [0.05, 0.1) is 12.1 Å². The molecule has 4 heteroatoms. The van der Waals surface area contributed by atoms with Gasteiger partial charge in [-0.3, -0.25) is 4.79 Å². The number of amides is 1. The summed E-state index contributed by atoms with van der Waals surface area (Å²) in [5.74, 6) is 0.0472. The molecule has 0 bridgehead atoms. The third-order valence-electron chi connectivity index (χ3n) is 2.22. The first-order valence-corrected chi connectivity index (χ1v) is 4.31. The predicted molar refractivity (Wildman–Crippen MR) is 45.7 cm³/mol. The number of hydrogen-bond donors (Lipinski definition) is 2. The van der Waals surface area contributed by atoms with E-state index in [1.165, 1.54) is 0 Å². The first-order valence-electron chi connectivity index (χ1n) is 4.31. The van der Waals surface area contributed by atoms with Crippen LogP contribution in [0.3, 0.4) is 0 Å². The highest BCUT2D eigenvalue weighted by atomic mass is 16.5. The maximum Gasteiger partial charge on any atom is 0.220 e. The minimum absolute atomic E-state index is 0.0472. The second kappa shape index (κ2) is 3.87. The van der Waals surface area contributed by atoms with Crippen LogP contribution in [0.1, 0.15) is 19.8 Å². The normalized spacial score (nSPS) is 28.8. The molecule has 0 saturated carbocycles. The maximum absolute atomic E-state index is 11.1. The highest BCUT2D eigenvalue weighted by molar-refractivity contribution is 5.76. The van der Waals surface area contributed by atoms with Crippen molar-refractivity contribution in [1.82, 2.24) is 5.32 Å². The zero-order valence-electron chi connectivity index (χ0n) is 7.43. The van der Waals surface area contributed by atoms with Crippen molar-refractivity contribution in [3.05, 3.63) is 0 Å². The smallest absolute Gasteiger partial charge is 0.220 e. The van der Waals surface area contributed by atoms with E-state index in [-0.39, 0.29) is 11.4 Å². The molecule has 3 N–H and O–H groups in total. The monoisotopic (exact) mass is 172 g/mol. The topological polar surface area (TPSA) is 64.4 Å². The first kappa shape index (κ1) is 9.48. The Morgan fingerprint density at radius 2 is 2.50 bits per heavy atom. The number of nitrogens with two attached hydrogens (primary N) is 1. The number of ether oxygens (including phenoxy) is 1. The third-order valence-corrected chi connectivity index (χ3v) is 2.22. The molecule has 1 heterocycles. The van der Waals surface area contributed by atoms with Crippen LogP contribution in [0.25, 0.3) is 0 Å². The molecule has 12 heavy (non-hydrogen) atoms. The molecule has 0 aromatic rings. The van der Waals surface area contributed by atoms with E-state index in [1.807, 2.05) is 6.92 Å². The number of nitrogens with one attached hydrogen (secondary N) is 1. The summed E-state index contributed by atoms with van der Waals surface area (Å²) in [7, 11) is 0. The average Bonchev–Trinajstić information content (AvgIpc) is 2.54. The Bertz CT molecular complexity index is 164. The largest absolute Gasteiger partial charge is 0.379 e. The predicted octanol–water partition coefficient (Wildman–Crippen LogP) is -0.370. The van der Waals surface area contributed by atoms with Gasteiger partial charge in [-0.05, 0) is 6.42 Å². The van der Waals surface area contributed by atoms with Crippen LogP contribution in [0.5, 0.6) is 0 Å². The van der Waals surface area contributed by atoms with Gasteiger partial charge in [-0.25, -0.2) is 0 Å². The molecule has 0 spiro atoms. The molecular weight excluding hydrogens is 156 g/mol. The minimum Gasteiger partial charge on any atom is -0.379 e. The Balaban J connectivity index is 2.49. The van der Waals surface area contributed by atoms with Gasteiger partial charge in [-0.15, -0.1) is 0 Å². The van der Waals surface area contributed by atoms with E-state index in [2.05, 4.69) is 5.32 Å². The van der Waals surface area contributed by atoms with Crippen molar-refractivity contribution in [3.8, 4) is 0 Å². The Kier molecular flexibility index (Phi) is 3.05. The van der Waals surface area contributed by atoms with E-state index in [0.717, 1.165) is 6.42 Å². The summed E-state index contributed by atoms with van der Waals surface area (Å²) < 4.78 is 5.20. The van der Waals surface area contributed by atoms with Crippen LogP contribution in [0.15, 0.2) is 0 Å². The van der Waals surface area contributed by atoms with Crippen LogP contribution in [-0.4, -0.2) is 31.2 Å². The van der Waals surface area contributed by atoms with Gasteiger partial charge in [-0.1, -0.05) is 6.92 Å². The van der Waals surface area contributed by atoms with Crippen molar-refractivity contribution < 1.29 is 9.53 Å². The summed E-state index contributed by atoms with van der Waals surface area (Å²) in [6, 6.07) is 0. The molecule has 0 radical (unpaired) electrons. The fourth-order valence-electron chi connectivity index (χ4n) is 1.30. The van der Waals surface area contributed by atoms with E-state index < -0.39 is 0 Å². The Hall–Kier alpha value is -0.610. The van der Waals surface area contributed by atoms with Crippen molar-refractivity contribution in [1.29, 1.82) is 0 Å². The summed E-state index contributed by atoms with van der Waals surface area (Å²) >= 11 is 0.